The van der Waals surface area contributed by atoms with Gasteiger partial charge < -0.3 is 10.4 Å². The molecule has 2 N–H and O–H groups in total. The predicted octanol–water partition coefficient (Wildman–Crippen LogP) is 0.939. The van der Waals surface area contributed by atoms with Crippen molar-refractivity contribution in [2.24, 2.45) is 5.92 Å². The zero-order chi connectivity index (χ0) is 12.1. The molecule has 5 nitrogen and oxygen atoms in total. The van der Waals surface area contributed by atoms with Crippen molar-refractivity contribution in [3.63, 3.8) is 0 Å². The van der Waals surface area contributed by atoms with Crippen LogP contribution in [0.15, 0.2) is 6.20 Å². The molecule has 1 aromatic heterocycles. The molecule has 1 saturated carbocycles. The Balaban J connectivity index is 1.76. The van der Waals surface area contributed by atoms with Gasteiger partial charge in [-0.15, -0.1) is 5.10 Å². The van der Waals surface area contributed by atoms with Crippen LogP contribution in [-0.2, 0) is 13.1 Å². The normalized spacial score (nSPS) is 18.7. The summed E-state index contributed by atoms with van der Waals surface area (Å²) >= 11 is 0. The highest BCUT2D eigenvalue weighted by Crippen LogP contribution is 2.27. The third-order valence-corrected chi connectivity index (χ3v) is 3.63. The Morgan fingerprint density at radius 3 is 3.00 bits per heavy atom. The third-order valence-electron chi connectivity index (χ3n) is 3.63. The molecule has 5 heteroatoms. The molecule has 1 aliphatic rings. The Hall–Kier alpha value is -0.940. The van der Waals surface area contributed by atoms with Crippen molar-refractivity contribution in [3.8, 4) is 0 Å². The highest BCUT2D eigenvalue weighted by atomic mass is 16.3. The Kier molecular flexibility index (Phi) is 4.50. The second kappa shape index (κ2) is 6.12. The molecule has 2 rings (SSSR count). The van der Waals surface area contributed by atoms with Gasteiger partial charge in [-0.2, -0.15) is 0 Å². The highest BCUT2D eigenvalue weighted by Gasteiger charge is 2.21. The zero-order valence-corrected chi connectivity index (χ0v) is 10.5. The minimum absolute atomic E-state index is 0.106. The SMILES string of the molecule is CC(NCc1cn(CCO)nn1)C1CCCC1. The topological polar surface area (TPSA) is 63.0 Å². The Labute approximate surface area is 102 Å². The van der Waals surface area contributed by atoms with Crippen molar-refractivity contribution in [3.05, 3.63) is 11.9 Å². The molecule has 1 fully saturated rings. The Morgan fingerprint density at radius 2 is 2.29 bits per heavy atom. The number of aliphatic hydroxyl groups is 1. The van der Waals surface area contributed by atoms with Gasteiger partial charge in [-0.1, -0.05) is 18.1 Å². The monoisotopic (exact) mass is 238 g/mol. The number of aromatic nitrogens is 3. The van der Waals surface area contributed by atoms with Crippen LogP contribution < -0.4 is 5.32 Å². The van der Waals surface area contributed by atoms with Crippen LogP contribution in [0.3, 0.4) is 0 Å². The van der Waals surface area contributed by atoms with Gasteiger partial charge >= 0.3 is 0 Å². The molecule has 0 aromatic carbocycles. The molecule has 0 saturated heterocycles. The summed E-state index contributed by atoms with van der Waals surface area (Å²) in [5.74, 6) is 0.822. The fraction of sp³-hybridized carbons (Fsp3) is 0.833. The lowest BCUT2D eigenvalue weighted by Crippen LogP contribution is -2.31. The summed E-state index contributed by atoms with van der Waals surface area (Å²) in [6.07, 6.45) is 7.36. The second-order valence-corrected chi connectivity index (χ2v) is 4.91. The van der Waals surface area contributed by atoms with E-state index in [4.69, 9.17) is 5.11 Å². The summed E-state index contributed by atoms with van der Waals surface area (Å²) in [6.45, 7) is 3.65. The highest BCUT2D eigenvalue weighted by molar-refractivity contribution is 4.92. The molecule has 0 spiro atoms. The quantitative estimate of drug-likeness (QED) is 0.774. The smallest absolute Gasteiger partial charge is 0.0964 e. The first-order chi connectivity index (χ1) is 8.29. The molecule has 1 aliphatic carbocycles. The van der Waals surface area contributed by atoms with E-state index >= 15 is 0 Å². The number of hydrogen-bond donors (Lipinski definition) is 2. The van der Waals surface area contributed by atoms with Crippen LogP contribution in [0.2, 0.25) is 0 Å². The van der Waals surface area contributed by atoms with Crippen molar-refractivity contribution >= 4 is 0 Å². The summed E-state index contributed by atoms with van der Waals surface area (Å²) in [5.41, 5.74) is 0.947. The number of rotatable bonds is 6. The minimum atomic E-state index is 0.106. The maximum atomic E-state index is 8.79. The van der Waals surface area contributed by atoms with Gasteiger partial charge in [0.15, 0.2) is 0 Å². The molecule has 1 atom stereocenters. The molecule has 1 aromatic rings. The van der Waals surface area contributed by atoms with Crippen LogP contribution in [0.4, 0.5) is 0 Å². The molecular formula is C12H22N4O. The first-order valence-corrected chi connectivity index (χ1v) is 6.53. The molecule has 1 unspecified atom stereocenters. The molecule has 0 radical (unpaired) electrons. The molecule has 0 amide bonds. The lowest BCUT2D eigenvalue weighted by Gasteiger charge is -2.19. The van der Waals surface area contributed by atoms with E-state index in [1.54, 1.807) is 4.68 Å². The van der Waals surface area contributed by atoms with Crippen molar-refractivity contribution < 1.29 is 5.11 Å². The van der Waals surface area contributed by atoms with E-state index in [9.17, 15) is 0 Å². The van der Waals surface area contributed by atoms with Crippen LogP contribution in [-0.4, -0.2) is 32.7 Å². The largest absolute Gasteiger partial charge is 0.394 e. The van der Waals surface area contributed by atoms with Gasteiger partial charge in [-0.05, 0) is 25.7 Å². The van der Waals surface area contributed by atoms with Gasteiger partial charge in [-0.25, -0.2) is 4.68 Å². The molecular weight excluding hydrogens is 216 g/mol. The first-order valence-electron chi connectivity index (χ1n) is 6.53. The lowest BCUT2D eigenvalue weighted by atomic mass is 10.00. The van der Waals surface area contributed by atoms with E-state index < -0.39 is 0 Å². The summed E-state index contributed by atoms with van der Waals surface area (Å²) in [7, 11) is 0. The summed E-state index contributed by atoms with van der Waals surface area (Å²) in [6, 6.07) is 0.556. The Morgan fingerprint density at radius 1 is 1.53 bits per heavy atom. The molecule has 17 heavy (non-hydrogen) atoms. The van der Waals surface area contributed by atoms with Crippen molar-refractivity contribution in [1.29, 1.82) is 0 Å². The van der Waals surface area contributed by atoms with Crippen molar-refractivity contribution in [2.45, 2.75) is 51.7 Å². The van der Waals surface area contributed by atoms with Gasteiger partial charge in [0.2, 0.25) is 0 Å². The van der Waals surface area contributed by atoms with E-state index in [-0.39, 0.29) is 6.61 Å². The number of nitrogens with one attached hydrogen (secondary N) is 1. The summed E-state index contributed by atoms with van der Waals surface area (Å²) in [5, 5.41) is 20.3. The molecule has 0 aliphatic heterocycles. The van der Waals surface area contributed by atoms with Gasteiger partial charge in [0.25, 0.3) is 0 Å². The van der Waals surface area contributed by atoms with Crippen LogP contribution in [0.1, 0.15) is 38.3 Å². The summed E-state index contributed by atoms with van der Waals surface area (Å²) < 4.78 is 1.68. The maximum absolute atomic E-state index is 8.79. The lowest BCUT2D eigenvalue weighted by molar-refractivity contribution is 0.268. The average Bonchev–Trinajstić information content (AvgIpc) is 2.97. The van der Waals surface area contributed by atoms with E-state index in [1.807, 2.05) is 6.20 Å². The summed E-state index contributed by atoms with van der Waals surface area (Å²) in [4.78, 5) is 0. The standard InChI is InChI=1S/C12H22N4O/c1-10(11-4-2-3-5-11)13-8-12-9-16(6-7-17)15-14-12/h9-11,13,17H,2-8H2,1H3. The van der Waals surface area contributed by atoms with Crippen LogP contribution in [0.25, 0.3) is 0 Å². The van der Waals surface area contributed by atoms with Gasteiger partial charge in [0, 0.05) is 18.8 Å². The van der Waals surface area contributed by atoms with Crippen LogP contribution in [0, 0.1) is 5.92 Å². The van der Waals surface area contributed by atoms with Crippen molar-refractivity contribution in [1.82, 2.24) is 20.3 Å². The van der Waals surface area contributed by atoms with Crippen LogP contribution >= 0.6 is 0 Å². The number of hydrogen-bond acceptors (Lipinski definition) is 4. The first kappa shape index (κ1) is 12.5. The van der Waals surface area contributed by atoms with Gasteiger partial charge in [0.05, 0.1) is 18.8 Å². The van der Waals surface area contributed by atoms with Gasteiger partial charge in [-0.3, -0.25) is 0 Å². The predicted molar refractivity (Wildman–Crippen MR) is 65.4 cm³/mol. The van der Waals surface area contributed by atoms with E-state index in [1.165, 1.54) is 25.7 Å². The number of nitrogens with zero attached hydrogens (tertiary/aromatic N) is 3. The zero-order valence-electron chi connectivity index (χ0n) is 10.5. The Bertz CT molecular complexity index is 333. The second-order valence-electron chi connectivity index (χ2n) is 4.91. The van der Waals surface area contributed by atoms with Crippen LogP contribution in [0.5, 0.6) is 0 Å². The number of aliphatic hydroxyl groups excluding tert-OH is 1. The fourth-order valence-corrected chi connectivity index (χ4v) is 2.52. The molecule has 96 valence electrons. The van der Waals surface area contributed by atoms with Crippen molar-refractivity contribution in [2.75, 3.05) is 6.61 Å². The fourth-order valence-electron chi connectivity index (χ4n) is 2.52. The van der Waals surface area contributed by atoms with E-state index in [0.29, 0.717) is 12.6 Å². The molecule has 0 bridgehead atoms. The minimum Gasteiger partial charge on any atom is -0.394 e. The van der Waals surface area contributed by atoms with E-state index in [0.717, 1.165) is 18.2 Å². The van der Waals surface area contributed by atoms with E-state index in [2.05, 4.69) is 22.6 Å². The van der Waals surface area contributed by atoms with Gasteiger partial charge in [0.1, 0.15) is 0 Å². The maximum Gasteiger partial charge on any atom is 0.0964 e. The average molecular weight is 238 g/mol. The molecule has 1 heterocycles. The third kappa shape index (κ3) is 3.51.